The number of hydrogen-bond donors (Lipinski definition) is 3. The molecule has 0 aliphatic carbocycles. The van der Waals surface area contributed by atoms with Gasteiger partial charge in [0.15, 0.2) is 5.03 Å². The SMILES string of the molecule is CCNC(=O)c1cccc(NS(=O)(=O)c2ccn[nH]2)c1. The number of nitrogens with zero attached hydrogens (tertiary/aromatic N) is 1. The summed E-state index contributed by atoms with van der Waals surface area (Å²) in [7, 11) is -3.72. The average molecular weight is 294 g/mol. The smallest absolute Gasteiger partial charge is 0.278 e. The minimum absolute atomic E-state index is 0.0408. The van der Waals surface area contributed by atoms with Gasteiger partial charge in [0.1, 0.15) is 0 Å². The van der Waals surface area contributed by atoms with Gasteiger partial charge in [-0.2, -0.15) is 13.5 Å². The Morgan fingerprint density at radius 3 is 2.80 bits per heavy atom. The van der Waals surface area contributed by atoms with E-state index in [2.05, 4.69) is 20.2 Å². The maximum absolute atomic E-state index is 12.0. The van der Waals surface area contributed by atoms with E-state index in [9.17, 15) is 13.2 Å². The molecule has 20 heavy (non-hydrogen) atoms. The number of aromatic amines is 1. The van der Waals surface area contributed by atoms with Crippen LogP contribution in [0.5, 0.6) is 0 Å². The number of amides is 1. The molecule has 2 rings (SSSR count). The molecule has 0 saturated heterocycles. The van der Waals surface area contributed by atoms with Crippen LogP contribution in [0.15, 0.2) is 41.6 Å². The molecule has 0 bridgehead atoms. The van der Waals surface area contributed by atoms with Crippen LogP contribution in [0.1, 0.15) is 17.3 Å². The highest BCUT2D eigenvalue weighted by molar-refractivity contribution is 7.92. The van der Waals surface area contributed by atoms with Crippen LogP contribution in [0.25, 0.3) is 0 Å². The maximum atomic E-state index is 12.0. The standard InChI is InChI=1S/C12H14N4O3S/c1-2-13-12(17)9-4-3-5-10(8-9)16-20(18,19)11-6-7-14-15-11/h3-8,16H,2H2,1H3,(H,13,17)(H,14,15). The molecule has 1 aromatic carbocycles. The summed E-state index contributed by atoms with van der Waals surface area (Å²) in [5, 5.41) is 8.57. The number of hydrogen-bond acceptors (Lipinski definition) is 4. The van der Waals surface area contributed by atoms with Gasteiger partial charge in [-0.3, -0.25) is 14.6 Å². The molecule has 0 fully saturated rings. The minimum atomic E-state index is -3.72. The van der Waals surface area contributed by atoms with Crippen LogP contribution in [0.2, 0.25) is 0 Å². The number of carbonyl (C=O) groups is 1. The van der Waals surface area contributed by atoms with Crippen molar-refractivity contribution in [3.05, 3.63) is 42.1 Å². The lowest BCUT2D eigenvalue weighted by Gasteiger charge is -2.08. The molecule has 1 aromatic heterocycles. The molecule has 0 saturated carbocycles. The summed E-state index contributed by atoms with van der Waals surface area (Å²) in [6.07, 6.45) is 1.35. The van der Waals surface area contributed by atoms with Crippen molar-refractivity contribution in [1.29, 1.82) is 0 Å². The monoisotopic (exact) mass is 294 g/mol. The molecule has 8 heteroatoms. The van der Waals surface area contributed by atoms with Crippen LogP contribution in [0.3, 0.4) is 0 Å². The molecule has 7 nitrogen and oxygen atoms in total. The van der Waals surface area contributed by atoms with E-state index in [1.807, 2.05) is 6.92 Å². The third kappa shape index (κ3) is 3.15. The van der Waals surface area contributed by atoms with E-state index in [0.717, 1.165) is 0 Å². The lowest BCUT2D eigenvalue weighted by atomic mass is 10.2. The Morgan fingerprint density at radius 1 is 1.35 bits per heavy atom. The van der Waals surface area contributed by atoms with Crippen molar-refractivity contribution in [3.8, 4) is 0 Å². The van der Waals surface area contributed by atoms with Gasteiger partial charge in [-0.25, -0.2) is 0 Å². The fraction of sp³-hybridized carbons (Fsp3) is 0.167. The van der Waals surface area contributed by atoms with Gasteiger partial charge >= 0.3 is 0 Å². The normalized spacial score (nSPS) is 11.1. The molecule has 0 aliphatic rings. The number of aromatic nitrogens is 2. The van der Waals surface area contributed by atoms with Crippen LogP contribution in [-0.2, 0) is 10.0 Å². The largest absolute Gasteiger partial charge is 0.352 e. The maximum Gasteiger partial charge on any atom is 0.278 e. The van der Waals surface area contributed by atoms with Crippen LogP contribution in [0.4, 0.5) is 5.69 Å². The fourth-order valence-electron chi connectivity index (χ4n) is 1.59. The summed E-state index contributed by atoms with van der Waals surface area (Å²) in [5.74, 6) is -0.255. The van der Waals surface area contributed by atoms with E-state index < -0.39 is 10.0 Å². The van der Waals surface area contributed by atoms with Gasteiger partial charge < -0.3 is 5.32 Å². The van der Waals surface area contributed by atoms with E-state index in [4.69, 9.17) is 0 Å². The summed E-state index contributed by atoms with van der Waals surface area (Å²) >= 11 is 0. The third-order valence-electron chi connectivity index (χ3n) is 2.48. The van der Waals surface area contributed by atoms with Gasteiger partial charge in [0.05, 0.1) is 6.20 Å². The van der Waals surface area contributed by atoms with E-state index >= 15 is 0 Å². The fourth-order valence-corrected chi connectivity index (χ4v) is 2.55. The van der Waals surface area contributed by atoms with Crippen molar-refractivity contribution >= 4 is 21.6 Å². The van der Waals surface area contributed by atoms with Gasteiger partial charge in [-0.05, 0) is 31.2 Å². The zero-order chi connectivity index (χ0) is 14.6. The number of rotatable bonds is 5. The lowest BCUT2D eigenvalue weighted by Crippen LogP contribution is -2.22. The second-order valence-electron chi connectivity index (χ2n) is 3.97. The topological polar surface area (TPSA) is 104 Å². The summed E-state index contributed by atoms with van der Waals surface area (Å²) in [6.45, 7) is 2.31. The number of carbonyl (C=O) groups excluding carboxylic acids is 1. The van der Waals surface area contributed by atoms with E-state index in [1.165, 1.54) is 18.3 Å². The van der Waals surface area contributed by atoms with Crippen LogP contribution in [-0.4, -0.2) is 31.1 Å². The van der Waals surface area contributed by atoms with Crippen LogP contribution >= 0.6 is 0 Å². The zero-order valence-electron chi connectivity index (χ0n) is 10.8. The minimum Gasteiger partial charge on any atom is -0.352 e. The summed E-state index contributed by atoms with van der Waals surface area (Å²) < 4.78 is 26.4. The summed E-state index contributed by atoms with van der Waals surface area (Å²) in [4.78, 5) is 11.7. The van der Waals surface area contributed by atoms with Gasteiger partial charge in [0, 0.05) is 17.8 Å². The first-order chi connectivity index (χ1) is 9.53. The highest BCUT2D eigenvalue weighted by Crippen LogP contribution is 2.15. The van der Waals surface area contributed by atoms with Crippen LogP contribution < -0.4 is 10.0 Å². The Balaban J connectivity index is 2.22. The second-order valence-corrected chi connectivity index (χ2v) is 5.62. The molecule has 0 unspecified atom stereocenters. The van der Waals surface area contributed by atoms with E-state index in [0.29, 0.717) is 17.8 Å². The van der Waals surface area contributed by atoms with E-state index in [-0.39, 0.29) is 10.9 Å². The molecule has 2 aromatic rings. The number of nitrogens with one attached hydrogen (secondary N) is 3. The van der Waals surface area contributed by atoms with Crippen molar-refractivity contribution in [2.24, 2.45) is 0 Å². The molecule has 0 atom stereocenters. The molecule has 1 heterocycles. The molecule has 1 amide bonds. The van der Waals surface area contributed by atoms with E-state index in [1.54, 1.807) is 18.2 Å². The van der Waals surface area contributed by atoms with Crippen molar-refractivity contribution < 1.29 is 13.2 Å². The second kappa shape index (κ2) is 5.74. The number of benzene rings is 1. The van der Waals surface area contributed by atoms with Crippen molar-refractivity contribution in [2.45, 2.75) is 11.9 Å². The highest BCUT2D eigenvalue weighted by atomic mass is 32.2. The molecule has 3 N–H and O–H groups in total. The summed E-state index contributed by atoms with van der Waals surface area (Å²) in [6, 6.07) is 7.60. The quantitative estimate of drug-likeness (QED) is 0.764. The molecular weight excluding hydrogens is 280 g/mol. The highest BCUT2D eigenvalue weighted by Gasteiger charge is 2.16. The third-order valence-corrected chi connectivity index (χ3v) is 3.79. The number of H-pyrrole nitrogens is 1. The van der Waals surface area contributed by atoms with Crippen molar-refractivity contribution in [2.75, 3.05) is 11.3 Å². The van der Waals surface area contributed by atoms with Crippen LogP contribution in [0, 0.1) is 0 Å². The summed E-state index contributed by atoms with van der Waals surface area (Å²) in [5.41, 5.74) is 0.694. The average Bonchev–Trinajstić information content (AvgIpc) is 2.93. The van der Waals surface area contributed by atoms with Gasteiger partial charge in [0.25, 0.3) is 15.9 Å². The Labute approximate surface area is 116 Å². The first-order valence-corrected chi connectivity index (χ1v) is 7.41. The van der Waals surface area contributed by atoms with Crippen molar-refractivity contribution in [3.63, 3.8) is 0 Å². The molecular formula is C12H14N4O3S. The van der Waals surface area contributed by atoms with Gasteiger partial charge in [0.2, 0.25) is 0 Å². The first-order valence-electron chi connectivity index (χ1n) is 5.93. The Bertz CT molecular complexity index is 695. The van der Waals surface area contributed by atoms with Crippen molar-refractivity contribution in [1.82, 2.24) is 15.5 Å². The molecule has 0 spiro atoms. The van der Waals surface area contributed by atoms with Gasteiger partial charge in [-0.15, -0.1) is 0 Å². The Morgan fingerprint density at radius 2 is 2.15 bits per heavy atom. The Kier molecular flexibility index (Phi) is 4.04. The first kappa shape index (κ1) is 14.1. The predicted molar refractivity (Wildman–Crippen MR) is 73.8 cm³/mol. The lowest BCUT2D eigenvalue weighted by molar-refractivity contribution is 0.0956. The Hall–Kier alpha value is -2.35. The zero-order valence-corrected chi connectivity index (χ0v) is 11.6. The predicted octanol–water partition coefficient (Wildman–Crippen LogP) is 0.960. The van der Waals surface area contributed by atoms with Gasteiger partial charge in [-0.1, -0.05) is 6.07 Å². The molecule has 0 aliphatic heterocycles. The number of sulfonamides is 1. The molecule has 106 valence electrons. The molecule has 0 radical (unpaired) electrons. The number of anilines is 1.